The Morgan fingerprint density at radius 2 is 1.61 bits per heavy atom. The van der Waals surface area contributed by atoms with Gasteiger partial charge in [0.1, 0.15) is 5.69 Å². The second kappa shape index (κ2) is 9.74. The van der Waals surface area contributed by atoms with Gasteiger partial charge in [0, 0.05) is 35.2 Å². The first-order chi connectivity index (χ1) is 15.9. The minimum atomic E-state index is -0.159. The van der Waals surface area contributed by atoms with Gasteiger partial charge in [-0.15, -0.1) is 0 Å². The van der Waals surface area contributed by atoms with Gasteiger partial charge in [-0.3, -0.25) is 9.59 Å². The lowest BCUT2D eigenvalue weighted by molar-refractivity contribution is 0.0940. The van der Waals surface area contributed by atoms with Crippen molar-refractivity contribution in [3.8, 4) is 0 Å². The van der Waals surface area contributed by atoms with Gasteiger partial charge < -0.3 is 15.2 Å². The highest BCUT2D eigenvalue weighted by Crippen LogP contribution is 2.25. The molecule has 0 atom stereocenters. The molecule has 168 valence electrons. The molecule has 0 radical (unpaired) electrons. The van der Waals surface area contributed by atoms with Gasteiger partial charge in [-0.05, 0) is 54.8 Å². The normalized spacial score (nSPS) is 11.0. The van der Waals surface area contributed by atoms with Crippen LogP contribution in [0.3, 0.4) is 0 Å². The minimum absolute atomic E-state index is 0.0962. The average Bonchev–Trinajstić information content (AvgIpc) is 3.16. The smallest absolute Gasteiger partial charge is 0.267 e. The molecule has 2 N–H and O–H groups in total. The Kier molecular flexibility index (Phi) is 6.59. The number of amides is 2. The summed E-state index contributed by atoms with van der Waals surface area (Å²) in [6.45, 7) is 7.34. The minimum Gasteiger partial charge on any atom is -0.351 e. The average molecular weight is 440 g/mol. The molecule has 0 spiro atoms. The van der Waals surface area contributed by atoms with E-state index in [4.69, 9.17) is 0 Å². The van der Waals surface area contributed by atoms with Crippen LogP contribution in [0, 0.1) is 12.8 Å². The molecule has 1 heterocycles. The molecule has 2 amide bonds. The number of nitrogens with zero attached hydrogens (tertiary/aromatic N) is 1. The Balaban J connectivity index is 1.66. The number of carbonyl (C=O) groups is 2. The van der Waals surface area contributed by atoms with Gasteiger partial charge in [-0.2, -0.15) is 0 Å². The van der Waals surface area contributed by atoms with Crippen LogP contribution in [0.15, 0.2) is 78.9 Å². The van der Waals surface area contributed by atoms with E-state index in [9.17, 15) is 9.59 Å². The van der Waals surface area contributed by atoms with Gasteiger partial charge >= 0.3 is 0 Å². The molecule has 3 aromatic carbocycles. The van der Waals surface area contributed by atoms with Crippen molar-refractivity contribution >= 4 is 28.4 Å². The van der Waals surface area contributed by atoms with Crippen LogP contribution in [0.5, 0.6) is 0 Å². The summed E-state index contributed by atoms with van der Waals surface area (Å²) in [5, 5.41) is 6.90. The Hall–Kier alpha value is -3.86. The predicted octanol–water partition coefficient (Wildman–Crippen LogP) is 5.64. The molecule has 0 aliphatic rings. The van der Waals surface area contributed by atoms with Crippen LogP contribution < -0.4 is 10.6 Å². The third kappa shape index (κ3) is 5.32. The number of aromatic nitrogens is 1. The van der Waals surface area contributed by atoms with Gasteiger partial charge in [0.25, 0.3) is 11.8 Å². The number of rotatable bonds is 7. The van der Waals surface area contributed by atoms with Crippen molar-refractivity contribution in [2.75, 3.05) is 11.9 Å². The van der Waals surface area contributed by atoms with E-state index in [0.717, 1.165) is 22.0 Å². The highest BCUT2D eigenvalue weighted by atomic mass is 16.2. The summed E-state index contributed by atoms with van der Waals surface area (Å²) in [4.78, 5) is 25.7. The Morgan fingerprint density at radius 3 is 2.30 bits per heavy atom. The third-order valence-corrected chi connectivity index (χ3v) is 5.56. The SMILES string of the molecule is Cc1ccc(C(=O)Nc2ccc3c(c2)cc(C(=O)NCC(C)C)n3Cc2ccccc2)cc1. The molecule has 4 rings (SSSR count). The van der Waals surface area contributed by atoms with E-state index in [1.54, 1.807) is 0 Å². The summed E-state index contributed by atoms with van der Waals surface area (Å²) in [5.74, 6) is 0.110. The van der Waals surface area contributed by atoms with Crippen molar-refractivity contribution < 1.29 is 9.59 Å². The van der Waals surface area contributed by atoms with Crippen molar-refractivity contribution in [3.63, 3.8) is 0 Å². The van der Waals surface area contributed by atoms with Gasteiger partial charge in [0.05, 0.1) is 0 Å². The summed E-state index contributed by atoms with van der Waals surface area (Å²) >= 11 is 0. The first-order valence-corrected chi connectivity index (χ1v) is 11.2. The molecule has 4 aromatic rings. The molecule has 0 bridgehead atoms. The largest absolute Gasteiger partial charge is 0.351 e. The van der Waals surface area contributed by atoms with Crippen molar-refractivity contribution in [2.24, 2.45) is 5.92 Å². The fourth-order valence-corrected chi connectivity index (χ4v) is 3.77. The lowest BCUT2D eigenvalue weighted by atomic mass is 10.1. The summed E-state index contributed by atoms with van der Waals surface area (Å²) in [7, 11) is 0. The number of fused-ring (bicyclic) bond motifs is 1. The third-order valence-electron chi connectivity index (χ3n) is 5.56. The first-order valence-electron chi connectivity index (χ1n) is 11.2. The molecule has 0 fully saturated rings. The zero-order chi connectivity index (χ0) is 23.4. The van der Waals surface area contributed by atoms with Gasteiger partial charge in [-0.1, -0.05) is 61.9 Å². The van der Waals surface area contributed by atoms with Crippen molar-refractivity contribution in [1.82, 2.24) is 9.88 Å². The molecule has 5 heteroatoms. The molecule has 5 nitrogen and oxygen atoms in total. The standard InChI is InChI=1S/C28H29N3O2/c1-19(2)17-29-28(33)26-16-23-15-24(30-27(32)22-11-9-20(3)10-12-22)13-14-25(23)31(26)18-21-7-5-4-6-8-21/h4-16,19H,17-18H2,1-3H3,(H,29,33)(H,30,32). The number of carbonyl (C=O) groups excluding carboxylic acids is 2. The highest BCUT2D eigenvalue weighted by Gasteiger charge is 2.17. The summed E-state index contributed by atoms with van der Waals surface area (Å²) < 4.78 is 2.03. The molecule has 0 aliphatic carbocycles. The van der Waals surface area contributed by atoms with Gasteiger partial charge in [-0.25, -0.2) is 0 Å². The molecule has 0 unspecified atom stereocenters. The van der Waals surface area contributed by atoms with Crippen LogP contribution in [-0.4, -0.2) is 22.9 Å². The monoisotopic (exact) mass is 439 g/mol. The van der Waals surface area contributed by atoms with Crippen molar-refractivity contribution in [3.05, 3.63) is 101 Å². The quantitative estimate of drug-likeness (QED) is 0.392. The molecule has 33 heavy (non-hydrogen) atoms. The van der Waals surface area contributed by atoms with E-state index < -0.39 is 0 Å². The number of benzene rings is 3. The van der Waals surface area contributed by atoms with Gasteiger partial charge in [0.15, 0.2) is 0 Å². The zero-order valence-corrected chi connectivity index (χ0v) is 19.3. The maximum atomic E-state index is 13.0. The van der Waals surface area contributed by atoms with Crippen molar-refractivity contribution in [2.45, 2.75) is 27.3 Å². The van der Waals surface area contributed by atoms with Crippen LogP contribution >= 0.6 is 0 Å². The fraction of sp³-hybridized carbons (Fsp3) is 0.214. The maximum Gasteiger partial charge on any atom is 0.267 e. The Bertz CT molecular complexity index is 1270. The number of nitrogens with one attached hydrogen (secondary N) is 2. The highest BCUT2D eigenvalue weighted by molar-refractivity contribution is 6.06. The lowest BCUT2D eigenvalue weighted by Gasteiger charge is -2.13. The lowest BCUT2D eigenvalue weighted by Crippen LogP contribution is -2.29. The summed E-state index contributed by atoms with van der Waals surface area (Å²) in [5.41, 5.74) is 5.08. The molecule has 0 saturated carbocycles. The predicted molar refractivity (Wildman–Crippen MR) is 134 cm³/mol. The van der Waals surface area contributed by atoms with Crippen LogP contribution in [0.1, 0.15) is 45.8 Å². The summed E-state index contributed by atoms with van der Waals surface area (Å²) in [6, 6.07) is 25.2. The van der Waals surface area contributed by atoms with Crippen LogP contribution in [0.25, 0.3) is 10.9 Å². The van der Waals surface area contributed by atoms with Crippen LogP contribution in [-0.2, 0) is 6.54 Å². The second-order valence-corrected chi connectivity index (χ2v) is 8.80. The van der Waals surface area contributed by atoms with E-state index in [2.05, 4.69) is 36.6 Å². The number of anilines is 1. The molecule has 1 aromatic heterocycles. The number of aryl methyl sites for hydroxylation is 1. The Morgan fingerprint density at radius 1 is 0.879 bits per heavy atom. The van der Waals surface area contributed by atoms with E-state index in [1.165, 1.54) is 0 Å². The van der Waals surface area contributed by atoms with E-state index in [0.29, 0.717) is 36.0 Å². The van der Waals surface area contributed by atoms with E-state index in [-0.39, 0.29) is 11.8 Å². The first kappa shape index (κ1) is 22.3. The second-order valence-electron chi connectivity index (χ2n) is 8.80. The fourth-order valence-electron chi connectivity index (χ4n) is 3.77. The van der Waals surface area contributed by atoms with E-state index in [1.807, 2.05) is 78.2 Å². The van der Waals surface area contributed by atoms with Crippen molar-refractivity contribution in [1.29, 1.82) is 0 Å². The van der Waals surface area contributed by atoms with E-state index >= 15 is 0 Å². The molecule has 0 aliphatic heterocycles. The number of hydrogen-bond acceptors (Lipinski definition) is 2. The summed E-state index contributed by atoms with van der Waals surface area (Å²) in [6.07, 6.45) is 0. The number of hydrogen-bond donors (Lipinski definition) is 2. The topological polar surface area (TPSA) is 63.1 Å². The Labute approximate surface area is 194 Å². The van der Waals surface area contributed by atoms with Crippen LogP contribution in [0.2, 0.25) is 0 Å². The molecular formula is C28H29N3O2. The van der Waals surface area contributed by atoms with Crippen LogP contribution in [0.4, 0.5) is 5.69 Å². The molecular weight excluding hydrogens is 410 g/mol. The molecule has 0 saturated heterocycles. The maximum absolute atomic E-state index is 13.0. The van der Waals surface area contributed by atoms with Gasteiger partial charge in [0.2, 0.25) is 0 Å². The zero-order valence-electron chi connectivity index (χ0n) is 19.3.